The Morgan fingerprint density at radius 1 is 1.14 bits per heavy atom. The van der Waals surface area contributed by atoms with E-state index in [-0.39, 0.29) is 0 Å². The van der Waals surface area contributed by atoms with Gasteiger partial charge in [0.2, 0.25) is 0 Å². The Bertz CT molecular complexity index is 453. The number of hydrogen-bond acceptors (Lipinski definition) is 2. The first-order chi connectivity index (χ1) is 10.1. The van der Waals surface area contributed by atoms with E-state index in [1.165, 1.54) is 30.1 Å². The molecule has 1 unspecified atom stereocenters. The average Bonchev–Trinajstić information content (AvgIpc) is 2.48. The number of hydrogen-bond donors (Lipinski definition) is 0. The van der Waals surface area contributed by atoms with Gasteiger partial charge in [-0.25, -0.2) is 0 Å². The third kappa shape index (κ3) is 6.91. The SMILES string of the molecule is C=CCCCP(=S)(OCCCCCC)c1ccc(C)cc1. The minimum atomic E-state index is -1.88. The zero-order valence-electron chi connectivity index (χ0n) is 13.5. The van der Waals surface area contributed by atoms with Crippen molar-refractivity contribution in [2.45, 2.75) is 52.4 Å². The first kappa shape index (κ1) is 18.6. The Hall–Kier alpha value is -0.430. The summed E-state index contributed by atoms with van der Waals surface area (Å²) in [6, 6.07) is 8.61. The first-order valence-electron chi connectivity index (χ1n) is 8.04. The highest BCUT2D eigenvalue weighted by molar-refractivity contribution is 8.15. The maximum Gasteiger partial charge on any atom is 0.0947 e. The van der Waals surface area contributed by atoms with Gasteiger partial charge in [0.25, 0.3) is 0 Å². The lowest BCUT2D eigenvalue weighted by molar-refractivity contribution is 0.338. The summed E-state index contributed by atoms with van der Waals surface area (Å²) >= 11 is 5.96. The van der Waals surface area contributed by atoms with E-state index in [9.17, 15) is 0 Å². The van der Waals surface area contributed by atoms with Gasteiger partial charge >= 0.3 is 0 Å². The van der Waals surface area contributed by atoms with Crippen molar-refractivity contribution >= 4 is 23.4 Å². The molecule has 1 aromatic carbocycles. The smallest absolute Gasteiger partial charge is 0.0947 e. The maximum atomic E-state index is 6.24. The van der Waals surface area contributed by atoms with Gasteiger partial charge in [0.05, 0.1) is 12.9 Å². The van der Waals surface area contributed by atoms with E-state index in [0.717, 1.165) is 32.0 Å². The quantitative estimate of drug-likeness (QED) is 0.299. The summed E-state index contributed by atoms with van der Waals surface area (Å²) < 4.78 is 6.24. The topological polar surface area (TPSA) is 9.23 Å². The predicted molar refractivity (Wildman–Crippen MR) is 99.5 cm³/mol. The number of allylic oxidation sites excluding steroid dienone is 1. The molecular weight excluding hydrogens is 295 g/mol. The fourth-order valence-corrected chi connectivity index (χ4v) is 5.36. The number of benzene rings is 1. The van der Waals surface area contributed by atoms with Crippen molar-refractivity contribution in [1.29, 1.82) is 0 Å². The minimum absolute atomic E-state index is 0.805. The van der Waals surface area contributed by atoms with E-state index in [0.29, 0.717) is 0 Å². The molecule has 0 saturated carbocycles. The molecule has 0 N–H and O–H groups in total. The molecule has 1 atom stereocenters. The van der Waals surface area contributed by atoms with E-state index >= 15 is 0 Å². The van der Waals surface area contributed by atoms with Crippen LogP contribution in [0.2, 0.25) is 0 Å². The molecule has 0 saturated heterocycles. The third-order valence-electron chi connectivity index (χ3n) is 3.59. The van der Waals surface area contributed by atoms with Gasteiger partial charge < -0.3 is 4.52 Å². The van der Waals surface area contributed by atoms with Crippen LogP contribution >= 0.6 is 6.26 Å². The van der Waals surface area contributed by atoms with E-state index in [4.69, 9.17) is 16.3 Å². The molecule has 1 rings (SSSR count). The van der Waals surface area contributed by atoms with Crippen LogP contribution in [0.5, 0.6) is 0 Å². The molecule has 0 amide bonds. The molecule has 1 aromatic rings. The van der Waals surface area contributed by atoms with Crippen LogP contribution in [0.25, 0.3) is 0 Å². The summed E-state index contributed by atoms with van der Waals surface area (Å²) in [5, 5.41) is 1.22. The lowest BCUT2D eigenvalue weighted by atomic mass is 10.2. The molecule has 1 nitrogen and oxygen atoms in total. The van der Waals surface area contributed by atoms with Crippen LogP contribution < -0.4 is 5.30 Å². The molecular formula is C18H29OPS. The minimum Gasteiger partial charge on any atom is -0.346 e. The van der Waals surface area contributed by atoms with Gasteiger partial charge in [-0.3, -0.25) is 0 Å². The van der Waals surface area contributed by atoms with Crippen LogP contribution in [-0.4, -0.2) is 12.8 Å². The second-order valence-electron chi connectivity index (χ2n) is 5.56. The van der Waals surface area contributed by atoms with Gasteiger partial charge in [-0.1, -0.05) is 73.9 Å². The maximum absolute atomic E-state index is 6.24. The van der Waals surface area contributed by atoms with Gasteiger partial charge in [0.1, 0.15) is 0 Å². The fraction of sp³-hybridized carbons (Fsp3) is 0.556. The third-order valence-corrected chi connectivity index (χ3v) is 7.67. The number of aryl methyl sites for hydroxylation is 1. The molecule has 0 fully saturated rings. The van der Waals surface area contributed by atoms with Gasteiger partial charge in [-0.15, -0.1) is 6.58 Å². The lowest BCUT2D eigenvalue weighted by Crippen LogP contribution is -2.11. The van der Waals surface area contributed by atoms with Crippen LogP contribution in [0.3, 0.4) is 0 Å². The highest BCUT2D eigenvalue weighted by Gasteiger charge is 2.19. The van der Waals surface area contributed by atoms with Crippen molar-refractivity contribution in [3.05, 3.63) is 42.5 Å². The summed E-state index contributed by atoms with van der Waals surface area (Å²) in [6.07, 6.45) is 8.06. The predicted octanol–water partition coefficient (Wildman–Crippen LogP) is 5.58. The molecule has 0 heterocycles. The Morgan fingerprint density at radius 2 is 1.86 bits per heavy atom. The zero-order chi connectivity index (χ0) is 15.6. The van der Waals surface area contributed by atoms with Crippen LogP contribution in [0.1, 0.15) is 51.0 Å². The van der Waals surface area contributed by atoms with Crippen LogP contribution in [0.4, 0.5) is 0 Å². The lowest BCUT2D eigenvalue weighted by Gasteiger charge is -2.23. The Balaban J connectivity index is 2.67. The average molecular weight is 324 g/mol. The number of rotatable bonds is 11. The molecule has 0 aliphatic heterocycles. The largest absolute Gasteiger partial charge is 0.346 e. The highest BCUT2D eigenvalue weighted by Crippen LogP contribution is 2.47. The number of unbranched alkanes of at least 4 members (excludes halogenated alkanes) is 4. The molecule has 0 aliphatic carbocycles. The van der Waals surface area contributed by atoms with E-state index in [2.05, 4.69) is 44.7 Å². The summed E-state index contributed by atoms with van der Waals surface area (Å²) in [7, 11) is 0. The summed E-state index contributed by atoms with van der Waals surface area (Å²) in [6.45, 7) is 8.94. The monoisotopic (exact) mass is 324 g/mol. The fourth-order valence-electron chi connectivity index (χ4n) is 2.22. The van der Waals surface area contributed by atoms with E-state index in [1.807, 2.05) is 6.08 Å². The molecule has 0 radical (unpaired) electrons. The molecule has 0 aliphatic rings. The van der Waals surface area contributed by atoms with Crippen molar-refractivity contribution in [2.24, 2.45) is 0 Å². The second-order valence-corrected chi connectivity index (χ2v) is 9.90. The highest BCUT2D eigenvalue weighted by atomic mass is 32.4. The zero-order valence-corrected chi connectivity index (χ0v) is 15.2. The molecule has 0 spiro atoms. The molecule has 3 heteroatoms. The molecule has 0 bridgehead atoms. The normalized spacial score (nSPS) is 13.8. The van der Waals surface area contributed by atoms with Crippen molar-refractivity contribution in [1.82, 2.24) is 0 Å². The van der Waals surface area contributed by atoms with Crippen molar-refractivity contribution < 1.29 is 4.52 Å². The Kier molecular flexibility index (Phi) is 9.15. The first-order valence-corrected chi connectivity index (χ1v) is 10.9. The van der Waals surface area contributed by atoms with Crippen molar-refractivity contribution in [2.75, 3.05) is 12.8 Å². The van der Waals surface area contributed by atoms with E-state index < -0.39 is 6.26 Å². The summed E-state index contributed by atoms with van der Waals surface area (Å²) in [5.74, 6) is 0. The van der Waals surface area contributed by atoms with Gasteiger partial charge in [-0.05, 0) is 26.2 Å². The molecule has 21 heavy (non-hydrogen) atoms. The van der Waals surface area contributed by atoms with Gasteiger partial charge in [0.15, 0.2) is 0 Å². The van der Waals surface area contributed by atoms with Gasteiger partial charge in [-0.2, -0.15) is 0 Å². The summed E-state index contributed by atoms with van der Waals surface area (Å²) in [4.78, 5) is 0. The second kappa shape index (κ2) is 10.3. The standard InChI is InChI=1S/C18H29OPS/c1-4-6-8-9-15-19-20(21,16-10-7-5-2)18-13-11-17(3)12-14-18/h5,11-14H,2,4,6-10,15-16H2,1,3H3. The van der Waals surface area contributed by atoms with Gasteiger partial charge in [0, 0.05) is 11.5 Å². The van der Waals surface area contributed by atoms with Crippen LogP contribution in [0.15, 0.2) is 36.9 Å². The molecule has 0 aromatic heterocycles. The van der Waals surface area contributed by atoms with E-state index in [1.54, 1.807) is 0 Å². The van der Waals surface area contributed by atoms with Crippen molar-refractivity contribution in [3.8, 4) is 0 Å². The van der Waals surface area contributed by atoms with Crippen LogP contribution in [-0.2, 0) is 16.3 Å². The van der Waals surface area contributed by atoms with Crippen molar-refractivity contribution in [3.63, 3.8) is 0 Å². The summed E-state index contributed by atoms with van der Waals surface area (Å²) in [5.41, 5.74) is 1.27. The Morgan fingerprint density at radius 3 is 2.48 bits per heavy atom. The van der Waals surface area contributed by atoms with Crippen LogP contribution in [0, 0.1) is 6.92 Å². The Labute approximate surface area is 135 Å². The molecule has 118 valence electrons.